The van der Waals surface area contributed by atoms with Crippen molar-refractivity contribution < 1.29 is 14.3 Å². The van der Waals surface area contributed by atoms with Crippen LogP contribution in [0.5, 0.6) is 5.75 Å². The maximum Gasteiger partial charge on any atom is 0.261 e. The van der Waals surface area contributed by atoms with Crippen molar-refractivity contribution in [3.8, 4) is 5.75 Å². The van der Waals surface area contributed by atoms with Crippen molar-refractivity contribution in [1.82, 2.24) is 10.2 Å². The van der Waals surface area contributed by atoms with Crippen LogP contribution in [0.15, 0.2) is 41.8 Å². The molecule has 2 atom stereocenters. The van der Waals surface area contributed by atoms with Crippen LogP contribution >= 0.6 is 11.3 Å². The SMILES string of the molecule is CN1CCC2(CCC1=O)CC(NC(=O)c1cccs1)c1ccccc1O2. The van der Waals surface area contributed by atoms with E-state index in [0.717, 1.165) is 17.7 Å². The number of benzene rings is 1. The Labute approximate surface area is 157 Å². The predicted molar refractivity (Wildman–Crippen MR) is 100 cm³/mol. The highest BCUT2D eigenvalue weighted by atomic mass is 32.1. The molecular weight excluding hydrogens is 348 g/mol. The van der Waals surface area contributed by atoms with Crippen LogP contribution in [0, 0.1) is 0 Å². The van der Waals surface area contributed by atoms with Crippen molar-refractivity contribution in [3.63, 3.8) is 0 Å². The van der Waals surface area contributed by atoms with E-state index in [1.54, 1.807) is 4.90 Å². The van der Waals surface area contributed by atoms with Gasteiger partial charge >= 0.3 is 0 Å². The summed E-state index contributed by atoms with van der Waals surface area (Å²) in [6.07, 6.45) is 2.61. The molecule has 26 heavy (non-hydrogen) atoms. The minimum Gasteiger partial charge on any atom is -0.487 e. The Kier molecular flexibility index (Phi) is 4.44. The average molecular weight is 370 g/mol. The van der Waals surface area contributed by atoms with Crippen molar-refractivity contribution in [2.75, 3.05) is 13.6 Å². The smallest absolute Gasteiger partial charge is 0.261 e. The number of hydrogen-bond donors (Lipinski definition) is 1. The third-order valence-electron chi connectivity index (χ3n) is 5.37. The lowest BCUT2D eigenvalue weighted by atomic mass is 9.82. The summed E-state index contributed by atoms with van der Waals surface area (Å²) in [5.74, 6) is 0.911. The zero-order valence-corrected chi connectivity index (χ0v) is 15.6. The molecule has 1 fully saturated rings. The molecule has 0 saturated carbocycles. The number of ether oxygens (including phenoxy) is 1. The fourth-order valence-electron chi connectivity index (χ4n) is 3.84. The minimum absolute atomic E-state index is 0.0568. The summed E-state index contributed by atoms with van der Waals surface area (Å²) in [6.45, 7) is 0.673. The molecule has 2 aliphatic rings. The molecule has 6 heteroatoms. The van der Waals surface area contributed by atoms with Crippen molar-refractivity contribution >= 4 is 23.2 Å². The van der Waals surface area contributed by atoms with E-state index in [-0.39, 0.29) is 17.9 Å². The van der Waals surface area contributed by atoms with E-state index >= 15 is 0 Å². The molecule has 1 aromatic heterocycles. The Hall–Kier alpha value is -2.34. The van der Waals surface area contributed by atoms with Crippen LogP contribution in [-0.2, 0) is 4.79 Å². The van der Waals surface area contributed by atoms with Crippen LogP contribution in [0.25, 0.3) is 0 Å². The Bertz CT molecular complexity index is 820. The monoisotopic (exact) mass is 370 g/mol. The molecule has 3 heterocycles. The number of thiophene rings is 1. The summed E-state index contributed by atoms with van der Waals surface area (Å²) in [4.78, 5) is 27.2. The first-order chi connectivity index (χ1) is 12.6. The van der Waals surface area contributed by atoms with Gasteiger partial charge in [0.2, 0.25) is 5.91 Å². The quantitative estimate of drug-likeness (QED) is 0.882. The summed E-state index contributed by atoms with van der Waals surface area (Å²) < 4.78 is 6.41. The Morgan fingerprint density at radius 1 is 1.27 bits per heavy atom. The molecule has 2 aliphatic heterocycles. The van der Waals surface area contributed by atoms with Gasteiger partial charge in [0.25, 0.3) is 5.91 Å². The largest absolute Gasteiger partial charge is 0.487 e. The normalized spacial score (nSPS) is 25.3. The standard InChI is InChI=1S/C20H22N2O3S/c1-22-11-10-20(9-8-18(22)23)13-15(14-5-2-3-6-16(14)25-20)21-19(24)17-7-4-12-26-17/h2-7,12,15H,8-11,13H2,1H3,(H,21,24). The third kappa shape index (κ3) is 3.21. The number of carbonyl (C=O) groups is 2. The van der Waals surface area contributed by atoms with Gasteiger partial charge in [0.15, 0.2) is 0 Å². The molecule has 136 valence electrons. The molecule has 2 unspecified atom stereocenters. The first kappa shape index (κ1) is 17.1. The second kappa shape index (κ2) is 6.76. The molecule has 1 N–H and O–H groups in total. The van der Waals surface area contributed by atoms with Crippen molar-refractivity contribution in [2.24, 2.45) is 0 Å². The maximum absolute atomic E-state index is 12.6. The lowest BCUT2D eigenvalue weighted by molar-refractivity contribution is -0.129. The molecule has 1 saturated heterocycles. The van der Waals surface area contributed by atoms with E-state index in [1.807, 2.05) is 48.8 Å². The summed E-state index contributed by atoms with van der Waals surface area (Å²) >= 11 is 1.44. The number of rotatable bonds is 2. The van der Waals surface area contributed by atoms with Gasteiger partial charge in [0.05, 0.1) is 10.9 Å². The van der Waals surface area contributed by atoms with Crippen LogP contribution in [0.4, 0.5) is 0 Å². The molecule has 1 spiro atoms. The molecule has 1 aromatic carbocycles. The van der Waals surface area contributed by atoms with Gasteiger partial charge in [-0.25, -0.2) is 0 Å². The number of nitrogens with one attached hydrogen (secondary N) is 1. The van der Waals surface area contributed by atoms with Crippen LogP contribution < -0.4 is 10.1 Å². The van der Waals surface area contributed by atoms with E-state index in [9.17, 15) is 9.59 Å². The lowest BCUT2D eigenvalue weighted by Crippen LogP contribution is -2.45. The zero-order valence-electron chi connectivity index (χ0n) is 14.7. The molecule has 5 nitrogen and oxygen atoms in total. The third-order valence-corrected chi connectivity index (χ3v) is 6.24. The lowest BCUT2D eigenvalue weighted by Gasteiger charge is -2.42. The molecule has 4 rings (SSSR count). The Balaban J connectivity index is 1.63. The molecule has 0 aliphatic carbocycles. The minimum atomic E-state index is -0.415. The zero-order chi connectivity index (χ0) is 18.1. The van der Waals surface area contributed by atoms with Gasteiger partial charge in [-0.2, -0.15) is 0 Å². The number of amides is 2. The van der Waals surface area contributed by atoms with E-state index in [0.29, 0.717) is 30.7 Å². The summed E-state index contributed by atoms with van der Waals surface area (Å²) in [5.41, 5.74) is 0.592. The summed E-state index contributed by atoms with van der Waals surface area (Å²) in [5, 5.41) is 5.09. The number of carbonyl (C=O) groups excluding carboxylic acids is 2. The van der Waals surface area contributed by atoms with Gasteiger partial charge in [-0.1, -0.05) is 24.3 Å². The summed E-state index contributed by atoms with van der Waals surface area (Å²) in [6, 6.07) is 11.5. The van der Waals surface area contributed by atoms with Gasteiger partial charge in [0.1, 0.15) is 11.4 Å². The van der Waals surface area contributed by atoms with Gasteiger partial charge in [-0.3, -0.25) is 9.59 Å². The van der Waals surface area contributed by atoms with Crippen LogP contribution in [0.3, 0.4) is 0 Å². The number of hydrogen-bond acceptors (Lipinski definition) is 4. The molecular formula is C20H22N2O3S. The fraction of sp³-hybridized carbons (Fsp3) is 0.400. The predicted octanol–water partition coefficient (Wildman–Crippen LogP) is 3.38. The highest BCUT2D eigenvalue weighted by molar-refractivity contribution is 7.12. The first-order valence-corrected chi connectivity index (χ1v) is 9.81. The molecule has 2 aromatic rings. The van der Waals surface area contributed by atoms with Gasteiger partial charge in [-0.05, 0) is 23.9 Å². The Morgan fingerprint density at radius 2 is 2.12 bits per heavy atom. The number of nitrogens with zero attached hydrogens (tertiary/aromatic N) is 1. The topological polar surface area (TPSA) is 58.6 Å². The van der Waals surface area contributed by atoms with Crippen molar-refractivity contribution in [2.45, 2.75) is 37.3 Å². The summed E-state index contributed by atoms with van der Waals surface area (Å²) in [7, 11) is 1.84. The number of fused-ring (bicyclic) bond motifs is 1. The van der Waals surface area contributed by atoms with Crippen LogP contribution in [0.1, 0.15) is 47.0 Å². The molecule has 2 amide bonds. The Morgan fingerprint density at radius 3 is 2.92 bits per heavy atom. The average Bonchev–Trinajstić information content (AvgIpc) is 3.15. The molecule has 0 bridgehead atoms. The number of likely N-dealkylation sites (tertiary alicyclic amines) is 1. The van der Waals surface area contributed by atoms with Gasteiger partial charge in [0, 0.05) is 38.4 Å². The van der Waals surface area contributed by atoms with Crippen molar-refractivity contribution in [1.29, 1.82) is 0 Å². The van der Waals surface area contributed by atoms with Crippen LogP contribution in [-0.4, -0.2) is 35.9 Å². The van der Waals surface area contributed by atoms with E-state index in [4.69, 9.17) is 4.74 Å². The molecule has 0 radical (unpaired) electrons. The van der Waals surface area contributed by atoms with Crippen molar-refractivity contribution in [3.05, 3.63) is 52.2 Å². The number of para-hydroxylation sites is 1. The fourth-order valence-corrected chi connectivity index (χ4v) is 4.46. The second-order valence-corrected chi connectivity index (χ2v) is 8.04. The van der Waals surface area contributed by atoms with E-state index in [1.165, 1.54) is 11.3 Å². The highest BCUT2D eigenvalue weighted by Gasteiger charge is 2.43. The van der Waals surface area contributed by atoms with E-state index < -0.39 is 5.60 Å². The van der Waals surface area contributed by atoms with Crippen LogP contribution in [0.2, 0.25) is 0 Å². The van der Waals surface area contributed by atoms with Gasteiger partial charge < -0.3 is 15.0 Å². The first-order valence-electron chi connectivity index (χ1n) is 8.93. The maximum atomic E-state index is 12.6. The van der Waals surface area contributed by atoms with Gasteiger partial charge in [-0.15, -0.1) is 11.3 Å². The highest BCUT2D eigenvalue weighted by Crippen LogP contribution is 2.44. The second-order valence-electron chi connectivity index (χ2n) is 7.10. The van der Waals surface area contributed by atoms with E-state index in [2.05, 4.69) is 5.32 Å².